The Morgan fingerprint density at radius 1 is 1.23 bits per heavy atom. The molecule has 1 aromatic carbocycles. The molecule has 2 amide bonds. The number of nitrogens with zero attached hydrogens (tertiary/aromatic N) is 1. The van der Waals surface area contributed by atoms with E-state index in [1.54, 1.807) is 12.1 Å². The molecule has 122 valence electrons. The maximum Gasteiger partial charge on any atom is 0.337 e. The van der Waals surface area contributed by atoms with Crippen LogP contribution in [0.4, 0.5) is 5.69 Å². The minimum atomic E-state index is -0.518. The maximum atomic E-state index is 11.7. The van der Waals surface area contributed by atoms with Crippen LogP contribution < -0.4 is 4.90 Å². The summed E-state index contributed by atoms with van der Waals surface area (Å²) in [6, 6.07) is 4.67. The van der Waals surface area contributed by atoms with Gasteiger partial charge < -0.3 is 4.74 Å². The lowest BCUT2D eigenvalue weighted by Gasteiger charge is -2.14. The Bertz CT molecular complexity index is 535. The van der Waals surface area contributed by atoms with E-state index in [-0.39, 0.29) is 18.2 Å². The predicted molar refractivity (Wildman–Crippen MR) is 87.4 cm³/mol. The summed E-state index contributed by atoms with van der Waals surface area (Å²) in [5.74, 6) is -1.64. The number of hydrogen-bond donors (Lipinski definition) is 0. The molecule has 0 aromatic heterocycles. The second-order valence-corrected chi connectivity index (χ2v) is 4.04. The molecule has 1 aliphatic rings. The van der Waals surface area contributed by atoms with Gasteiger partial charge in [-0.1, -0.05) is 33.8 Å². The normalized spacial score (nSPS) is 11.5. The monoisotopic (exact) mass is 327 g/mol. The number of anilines is 1. The van der Waals surface area contributed by atoms with Gasteiger partial charge in [0.05, 0.1) is 24.8 Å². The molecule has 0 N–H and O–H groups in total. The van der Waals surface area contributed by atoms with Gasteiger partial charge in [-0.2, -0.15) is 0 Å². The van der Waals surface area contributed by atoms with E-state index in [1.807, 2.05) is 27.7 Å². The van der Waals surface area contributed by atoms with Crippen molar-refractivity contribution < 1.29 is 19.1 Å². The van der Waals surface area contributed by atoms with E-state index in [4.69, 9.17) is 11.6 Å². The number of rotatable bonds is 2. The summed E-state index contributed by atoms with van der Waals surface area (Å²) in [7, 11) is 1.27. The number of imide groups is 1. The molecule has 0 atom stereocenters. The SMILES string of the molecule is CC.CC.COC(=O)c1ccc2c(c1)N(C(=O)CCl)C(=O)C2. The second kappa shape index (κ2) is 9.95. The van der Waals surface area contributed by atoms with Crippen LogP contribution in [0.25, 0.3) is 0 Å². The summed E-state index contributed by atoms with van der Waals surface area (Å²) in [5.41, 5.74) is 1.40. The Labute approximate surface area is 136 Å². The van der Waals surface area contributed by atoms with E-state index < -0.39 is 11.9 Å². The molecule has 0 fully saturated rings. The Balaban J connectivity index is 0.00000102. The van der Waals surface area contributed by atoms with Crippen molar-refractivity contribution in [3.63, 3.8) is 0 Å². The fraction of sp³-hybridized carbons (Fsp3) is 0.438. The molecule has 6 heteroatoms. The van der Waals surface area contributed by atoms with Crippen molar-refractivity contribution >= 4 is 35.1 Å². The van der Waals surface area contributed by atoms with E-state index >= 15 is 0 Å². The first-order chi connectivity index (χ1) is 10.6. The highest BCUT2D eigenvalue weighted by molar-refractivity contribution is 6.34. The van der Waals surface area contributed by atoms with Crippen molar-refractivity contribution in [2.24, 2.45) is 0 Å². The zero-order valence-electron chi connectivity index (χ0n) is 13.6. The summed E-state index contributed by atoms with van der Waals surface area (Å²) in [5, 5.41) is 0. The first kappa shape index (κ1) is 20.1. The Morgan fingerprint density at radius 3 is 2.32 bits per heavy atom. The number of alkyl halides is 1. The predicted octanol–water partition coefficient (Wildman–Crippen LogP) is 3.18. The van der Waals surface area contributed by atoms with Crippen molar-refractivity contribution in [2.45, 2.75) is 34.1 Å². The first-order valence-corrected chi connectivity index (χ1v) is 7.75. The van der Waals surface area contributed by atoms with Crippen LogP contribution in [0, 0.1) is 0 Å². The van der Waals surface area contributed by atoms with Gasteiger partial charge in [-0.25, -0.2) is 9.69 Å². The second-order valence-electron chi connectivity index (χ2n) is 3.77. The Morgan fingerprint density at radius 2 is 1.82 bits per heavy atom. The highest BCUT2D eigenvalue weighted by atomic mass is 35.5. The van der Waals surface area contributed by atoms with E-state index in [0.29, 0.717) is 16.8 Å². The number of methoxy groups -OCH3 is 1. The largest absolute Gasteiger partial charge is 0.465 e. The summed E-state index contributed by atoms with van der Waals surface area (Å²) < 4.78 is 4.59. The summed E-state index contributed by atoms with van der Waals surface area (Å²) in [4.78, 5) is 35.7. The zero-order valence-corrected chi connectivity index (χ0v) is 14.4. The summed E-state index contributed by atoms with van der Waals surface area (Å²) >= 11 is 5.46. The van der Waals surface area contributed by atoms with Crippen molar-refractivity contribution in [1.29, 1.82) is 0 Å². The molecule has 1 aliphatic heterocycles. The molecular formula is C16H22ClNO4. The third-order valence-corrected chi connectivity index (χ3v) is 2.93. The van der Waals surface area contributed by atoms with Crippen LogP contribution in [-0.4, -0.2) is 30.8 Å². The molecule has 0 bridgehead atoms. The fourth-order valence-corrected chi connectivity index (χ4v) is 2.00. The molecule has 2 rings (SSSR count). The number of benzene rings is 1. The van der Waals surface area contributed by atoms with Gasteiger partial charge in [-0.3, -0.25) is 9.59 Å². The van der Waals surface area contributed by atoms with Crippen LogP contribution in [0.3, 0.4) is 0 Å². The molecule has 0 saturated heterocycles. The van der Waals surface area contributed by atoms with Gasteiger partial charge >= 0.3 is 5.97 Å². The Hall–Kier alpha value is -1.88. The van der Waals surface area contributed by atoms with E-state index in [9.17, 15) is 14.4 Å². The minimum absolute atomic E-state index is 0.138. The van der Waals surface area contributed by atoms with Crippen LogP contribution >= 0.6 is 11.6 Å². The number of fused-ring (bicyclic) bond motifs is 1. The number of ether oxygens (including phenoxy) is 1. The molecule has 22 heavy (non-hydrogen) atoms. The molecule has 0 spiro atoms. The molecule has 0 unspecified atom stereocenters. The van der Waals surface area contributed by atoms with Crippen LogP contribution in [0.2, 0.25) is 0 Å². The summed E-state index contributed by atoms with van der Waals surface area (Å²) in [6.07, 6.45) is 0.138. The van der Waals surface area contributed by atoms with Gasteiger partial charge in [0.15, 0.2) is 0 Å². The van der Waals surface area contributed by atoms with Gasteiger partial charge in [0.2, 0.25) is 11.8 Å². The van der Waals surface area contributed by atoms with E-state index in [2.05, 4.69) is 4.74 Å². The number of halogens is 1. The number of esters is 1. The summed E-state index contributed by atoms with van der Waals surface area (Å²) in [6.45, 7) is 8.00. The fourth-order valence-electron chi connectivity index (χ4n) is 1.88. The molecule has 5 nitrogen and oxygen atoms in total. The number of carbonyl (C=O) groups is 3. The van der Waals surface area contributed by atoms with Gasteiger partial charge in [0, 0.05) is 0 Å². The van der Waals surface area contributed by atoms with Gasteiger partial charge in [0.25, 0.3) is 0 Å². The quantitative estimate of drug-likeness (QED) is 0.618. The maximum absolute atomic E-state index is 11.7. The molecule has 1 heterocycles. The van der Waals surface area contributed by atoms with E-state index in [1.165, 1.54) is 13.2 Å². The van der Waals surface area contributed by atoms with Gasteiger partial charge in [-0.05, 0) is 17.7 Å². The molecule has 0 saturated carbocycles. The Kier molecular flexibility index (Phi) is 9.10. The van der Waals surface area contributed by atoms with Gasteiger partial charge in [0.1, 0.15) is 5.88 Å². The number of amides is 2. The van der Waals surface area contributed by atoms with Gasteiger partial charge in [-0.15, -0.1) is 11.6 Å². The minimum Gasteiger partial charge on any atom is -0.465 e. The molecule has 0 radical (unpaired) electrons. The first-order valence-electron chi connectivity index (χ1n) is 7.21. The van der Waals surface area contributed by atoms with Crippen molar-refractivity contribution in [3.05, 3.63) is 29.3 Å². The van der Waals surface area contributed by atoms with Crippen LogP contribution in [0.5, 0.6) is 0 Å². The molecule has 1 aromatic rings. The lowest BCUT2D eigenvalue weighted by Crippen LogP contribution is -2.34. The van der Waals surface area contributed by atoms with Crippen LogP contribution in [-0.2, 0) is 20.7 Å². The molecular weight excluding hydrogens is 306 g/mol. The highest BCUT2D eigenvalue weighted by Crippen LogP contribution is 2.30. The third-order valence-electron chi connectivity index (χ3n) is 2.70. The van der Waals surface area contributed by atoms with Crippen molar-refractivity contribution in [2.75, 3.05) is 17.9 Å². The highest BCUT2D eigenvalue weighted by Gasteiger charge is 2.32. The average molecular weight is 328 g/mol. The molecule has 0 aliphatic carbocycles. The number of hydrogen-bond acceptors (Lipinski definition) is 4. The third kappa shape index (κ3) is 4.31. The average Bonchev–Trinajstić information content (AvgIpc) is 2.91. The lowest BCUT2D eigenvalue weighted by molar-refractivity contribution is -0.124. The van der Waals surface area contributed by atoms with E-state index in [0.717, 1.165) is 4.90 Å². The number of carbonyl (C=O) groups excluding carboxylic acids is 3. The van der Waals surface area contributed by atoms with Crippen LogP contribution in [0.15, 0.2) is 18.2 Å². The topological polar surface area (TPSA) is 63.7 Å². The smallest absolute Gasteiger partial charge is 0.337 e. The zero-order chi connectivity index (χ0) is 17.3. The lowest BCUT2D eigenvalue weighted by atomic mass is 10.1. The standard InChI is InChI=1S/C12H10ClNO4.2C2H6/c1-18-12(17)8-3-2-7-5-10(15)14(9(7)4-8)11(16)6-13;2*1-2/h2-4H,5-6H2,1H3;2*1-2H3. The van der Waals surface area contributed by atoms with Crippen LogP contribution in [0.1, 0.15) is 43.6 Å². The van der Waals surface area contributed by atoms with Crippen molar-refractivity contribution in [1.82, 2.24) is 0 Å². The van der Waals surface area contributed by atoms with Crippen molar-refractivity contribution in [3.8, 4) is 0 Å².